The second-order valence-electron chi connectivity index (χ2n) is 4.48. The first-order valence-electron chi connectivity index (χ1n) is 5.98. The summed E-state index contributed by atoms with van der Waals surface area (Å²) in [5.41, 5.74) is 0.365. The van der Waals surface area contributed by atoms with Gasteiger partial charge in [0.15, 0.2) is 5.15 Å². The number of carboxylic acid groups (broad SMARTS) is 1. The van der Waals surface area contributed by atoms with Gasteiger partial charge in [-0.25, -0.2) is 4.98 Å². The van der Waals surface area contributed by atoms with E-state index in [0.717, 1.165) is 0 Å². The van der Waals surface area contributed by atoms with E-state index in [4.69, 9.17) is 16.7 Å². The third kappa shape index (κ3) is 3.37. The van der Waals surface area contributed by atoms with Gasteiger partial charge in [-0.05, 0) is 34.8 Å². The highest BCUT2D eigenvalue weighted by molar-refractivity contribution is 9.10. The monoisotopic (exact) mass is 358 g/mol. The number of aliphatic carboxylic acids is 1. The Morgan fingerprint density at radius 1 is 1.35 bits per heavy atom. The van der Waals surface area contributed by atoms with Crippen LogP contribution in [0.4, 0.5) is 5.69 Å². The Morgan fingerprint density at radius 2 is 2.00 bits per heavy atom. The average molecular weight is 360 g/mol. The molecular formula is C13H12BrClN2O3. The third-order valence-electron chi connectivity index (χ3n) is 3.15. The molecule has 1 aromatic heterocycles. The Labute approximate surface area is 129 Å². The van der Waals surface area contributed by atoms with Crippen molar-refractivity contribution in [3.8, 4) is 0 Å². The minimum atomic E-state index is -0.965. The van der Waals surface area contributed by atoms with E-state index in [-0.39, 0.29) is 11.1 Å². The van der Waals surface area contributed by atoms with E-state index in [2.05, 4.69) is 26.2 Å². The first-order chi connectivity index (χ1) is 9.49. The van der Waals surface area contributed by atoms with E-state index < -0.39 is 17.8 Å². The van der Waals surface area contributed by atoms with Crippen molar-refractivity contribution in [1.82, 2.24) is 4.98 Å². The van der Waals surface area contributed by atoms with Gasteiger partial charge < -0.3 is 10.4 Å². The number of rotatable bonds is 3. The molecule has 20 heavy (non-hydrogen) atoms. The Bertz CT molecular complexity index is 577. The van der Waals surface area contributed by atoms with Crippen LogP contribution in [0, 0.1) is 11.8 Å². The number of nitrogens with one attached hydrogen (secondary N) is 1. The summed E-state index contributed by atoms with van der Waals surface area (Å²) in [6, 6.07) is 1.63. The highest BCUT2D eigenvalue weighted by Crippen LogP contribution is 2.29. The van der Waals surface area contributed by atoms with Crippen LogP contribution in [0.3, 0.4) is 0 Å². The smallest absolute Gasteiger partial charge is 0.307 e. The van der Waals surface area contributed by atoms with Gasteiger partial charge >= 0.3 is 5.97 Å². The van der Waals surface area contributed by atoms with Crippen molar-refractivity contribution in [2.45, 2.75) is 12.8 Å². The van der Waals surface area contributed by atoms with Crippen LogP contribution in [0.5, 0.6) is 0 Å². The van der Waals surface area contributed by atoms with Gasteiger partial charge in [0, 0.05) is 10.7 Å². The number of hydrogen-bond acceptors (Lipinski definition) is 3. The van der Waals surface area contributed by atoms with Gasteiger partial charge in [-0.1, -0.05) is 23.8 Å². The predicted molar refractivity (Wildman–Crippen MR) is 78.6 cm³/mol. The maximum absolute atomic E-state index is 12.2. The highest BCUT2D eigenvalue weighted by Gasteiger charge is 2.34. The molecule has 0 saturated carbocycles. The topological polar surface area (TPSA) is 79.3 Å². The van der Waals surface area contributed by atoms with Crippen molar-refractivity contribution >= 4 is 45.1 Å². The highest BCUT2D eigenvalue weighted by atomic mass is 79.9. The van der Waals surface area contributed by atoms with Crippen LogP contribution in [-0.2, 0) is 9.59 Å². The number of aromatic nitrogens is 1. The zero-order valence-corrected chi connectivity index (χ0v) is 12.7. The molecule has 0 spiro atoms. The van der Waals surface area contributed by atoms with Crippen LogP contribution >= 0.6 is 27.5 Å². The van der Waals surface area contributed by atoms with Crippen LogP contribution in [0.25, 0.3) is 0 Å². The van der Waals surface area contributed by atoms with Crippen LogP contribution in [0.15, 0.2) is 28.9 Å². The molecular weight excluding hydrogens is 348 g/mol. The largest absolute Gasteiger partial charge is 0.481 e. The molecule has 0 bridgehead atoms. The minimum absolute atomic E-state index is 0.166. The van der Waals surface area contributed by atoms with E-state index >= 15 is 0 Å². The van der Waals surface area contributed by atoms with Crippen molar-refractivity contribution in [3.05, 3.63) is 34.0 Å². The number of carbonyl (C=O) groups excluding carboxylic acids is 1. The molecule has 2 rings (SSSR count). The number of hydrogen-bond donors (Lipinski definition) is 2. The Balaban J connectivity index is 2.16. The van der Waals surface area contributed by atoms with E-state index in [1.807, 2.05) is 6.08 Å². The van der Waals surface area contributed by atoms with Crippen molar-refractivity contribution in [1.29, 1.82) is 0 Å². The lowest BCUT2D eigenvalue weighted by molar-refractivity contribution is -0.146. The fourth-order valence-corrected chi connectivity index (χ4v) is 2.59. The van der Waals surface area contributed by atoms with Crippen molar-refractivity contribution < 1.29 is 14.7 Å². The van der Waals surface area contributed by atoms with E-state index in [1.54, 1.807) is 12.1 Å². The summed E-state index contributed by atoms with van der Waals surface area (Å²) in [6.45, 7) is 0. The van der Waals surface area contributed by atoms with Gasteiger partial charge in [0.05, 0.1) is 17.5 Å². The Morgan fingerprint density at radius 3 is 2.65 bits per heavy atom. The quantitative estimate of drug-likeness (QED) is 0.642. The number of carbonyl (C=O) groups is 2. The zero-order chi connectivity index (χ0) is 14.7. The maximum atomic E-state index is 12.2. The summed E-state index contributed by atoms with van der Waals surface area (Å²) in [5, 5.41) is 12.0. The molecule has 0 saturated heterocycles. The predicted octanol–water partition coefficient (Wildman–Crippen LogP) is 3.10. The number of amides is 1. The SMILES string of the molecule is O=C(O)[C@H]1CC=CC[C@H]1C(=O)Nc1cc(Br)cnc1Cl. The molecule has 0 aliphatic heterocycles. The van der Waals surface area contributed by atoms with Gasteiger partial charge in [-0.2, -0.15) is 0 Å². The summed E-state index contributed by atoms with van der Waals surface area (Å²) in [6.07, 6.45) is 5.89. The molecule has 0 fully saturated rings. The standard InChI is InChI=1S/C13H12BrClN2O3/c14-7-5-10(11(15)16-6-7)17-12(18)8-3-1-2-4-9(8)13(19)20/h1-2,5-6,8-9H,3-4H2,(H,17,18)(H,19,20)/t8-,9+/m1/s1. The zero-order valence-electron chi connectivity index (χ0n) is 10.3. The summed E-state index contributed by atoms with van der Waals surface area (Å²) >= 11 is 9.14. The fourth-order valence-electron chi connectivity index (χ4n) is 2.11. The molecule has 0 unspecified atom stereocenters. The second kappa shape index (κ2) is 6.37. The first-order valence-corrected chi connectivity index (χ1v) is 7.16. The number of carboxylic acids is 1. The van der Waals surface area contributed by atoms with Crippen molar-refractivity contribution in [2.24, 2.45) is 11.8 Å². The normalized spacial score (nSPS) is 21.5. The van der Waals surface area contributed by atoms with E-state index in [9.17, 15) is 9.59 Å². The number of anilines is 1. The number of nitrogens with zero attached hydrogens (tertiary/aromatic N) is 1. The fraction of sp³-hybridized carbons (Fsp3) is 0.308. The Kier molecular flexibility index (Phi) is 4.77. The number of pyridine rings is 1. The summed E-state index contributed by atoms with van der Waals surface area (Å²) in [5.74, 6) is -2.64. The van der Waals surface area contributed by atoms with Gasteiger partial charge in [0.1, 0.15) is 0 Å². The lowest BCUT2D eigenvalue weighted by atomic mass is 9.82. The van der Waals surface area contributed by atoms with E-state index in [1.165, 1.54) is 6.20 Å². The molecule has 106 valence electrons. The Hall–Kier alpha value is -1.40. The molecule has 1 aromatic rings. The van der Waals surface area contributed by atoms with Gasteiger partial charge in [-0.3, -0.25) is 9.59 Å². The molecule has 5 nitrogen and oxygen atoms in total. The van der Waals surface area contributed by atoms with Crippen LogP contribution < -0.4 is 5.32 Å². The molecule has 7 heteroatoms. The molecule has 2 N–H and O–H groups in total. The van der Waals surface area contributed by atoms with Crippen LogP contribution in [0.2, 0.25) is 5.15 Å². The van der Waals surface area contributed by atoms with E-state index in [0.29, 0.717) is 23.0 Å². The summed E-state index contributed by atoms with van der Waals surface area (Å²) in [4.78, 5) is 27.3. The minimum Gasteiger partial charge on any atom is -0.481 e. The lowest BCUT2D eigenvalue weighted by Gasteiger charge is -2.24. The summed E-state index contributed by atoms with van der Waals surface area (Å²) in [7, 11) is 0. The third-order valence-corrected chi connectivity index (χ3v) is 3.88. The molecule has 1 amide bonds. The van der Waals surface area contributed by atoms with Crippen molar-refractivity contribution in [2.75, 3.05) is 5.32 Å². The van der Waals surface area contributed by atoms with Crippen LogP contribution in [0.1, 0.15) is 12.8 Å². The molecule has 1 aliphatic carbocycles. The number of allylic oxidation sites excluding steroid dienone is 2. The van der Waals surface area contributed by atoms with Crippen molar-refractivity contribution in [3.63, 3.8) is 0 Å². The molecule has 0 aromatic carbocycles. The average Bonchev–Trinajstić information content (AvgIpc) is 2.42. The molecule has 1 aliphatic rings. The second-order valence-corrected chi connectivity index (χ2v) is 5.75. The maximum Gasteiger partial charge on any atom is 0.307 e. The van der Waals surface area contributed by atoms with Gasteiger partial charge in [0.2, 0.25) is 5.91 Å². The van der Waals surface area contributed by atoms with Gasteiger partial charge in [0.25, 0.3) is 0 Å². The van der Waals surface area contributed by atoms with Crippen LogP contribution in [-0.4, -0.2) is 22.0 Å². The summed E-state index contributed by atoms with van der Waals surface area (Å²) < 4.78 is 0.676. The molecule has 2 atom stereocenters. The molecule has 0 radical (unpaired) electrons. The molecule has 1 heterocycles. The number of halogens is 2. The van der Waals surface area contributed by atoms with Gasteiger partial charge in [-0.15, -0.1) is 0 Å². The lowest BCUT2D eigenvalue weighted by Crippen LogP contribution is -2.34. The first kappa shape index (κ1) is 15.0.